The molecule has 100 valence electrons. The van der Waals surface area contributed by atoms with E-state index < -0.39 is 17.7 Å². The molecule has 0 fully saturated rings. The zero-order chi connectivity index (χ0) is 13.7. The number of Topliss-reactive ketones (excluding diaryl/α,β-unsaturated/α-hetero) is 1. The lowest BCUT2D eigenvalue weighted by molar-refractivity contribution is 0.0826. The van der Waals surface area contributed by atoms with Crippen LogP contribution < -0.4 is 0 Å². The van der Waals surface area contributed by atoms with Crippen molar-refractivity contribution < 1.29 is 18.3 Å². The van der Waals surface area contributed by atoms with Crippen LogP contribution >= 0.6 is 0 Å². The first-order valence-corrected chi connectivity index (χ1v) is 5.65. The lowest BCUT2D eigenvalue weighted by atomic mass is 10.0. The van der Waals surface area contributed by atoms with Crippen molar-refractivity contribution in [1.29, 1.82) is 0 Å². The summed E-state index contributed by atoms with van der Waals surface area (Å²) in [5.41, 5.74) is 0.172. The molecular formula is C13H17F2NO2. The van der Waals surface area contributed by atoms with Crippen molar-refractivity contribution >= 4 is 5.78 Å². The van der Waals surface area contributed by atoms with Gasteiger partial charge >= 0.3 is 0 Å². The summed E-state index contributed by atoms with van der Waals surface area (Å²) in [6.45, 7) is 2.82. The topological polar surface area (TPSA) is 29.5 Å². The van der Waals surface area contributed by atoms with Gasteiger partial charge in [-0.15, -0.1) is 0 Å². The number of ketones is 1. The van der Waals surface area contributed by atoms with Crippen LogP contribution in [0.15, 0.2) is 18.2 Å². The third kappa shape index (κ3) is 3.58. The highest BCUT2D eigenvalue weighted by molar-refractivity contribution is 5.99. The standard InChI is InChI=1S/C13H17F2NO2/c1-9(16(2)6-7-18-3)13(17)10-4-5-11(14)12(15)8-10/h4-5,8-9H,6-7H2,1-3H3. The second kappa shape index (κ2) is 6.56. The predicted molar refractivity (Wildman–Crippen MR) is 64.7 cm³/mol. The minimum atomic E-state index is -1.01. The Morgan fingerprint density at radius 3 is 2.61 bits per heavy atom. The number of hydrogen-bond acceptors (Lipinski definition) is 3. The molecule has 3 nitrogen and oxygen atoms in total. The zero-order valence-corrected chi connectivity index (χ0v) is 10.7. The largest absolute Gasteiger partial charge is 0.383 e. The SMILES string of the molecule is COCCN(C)C(C)C(=O)c1ccc(F)c(F)c1. The van der Waals surface area contributed by atoms with Crippen LogP contribution in [0.3, 0.4) is 0 Å². The molecule has 18 heavy (non-hydrogen) atoms. The minimum Gasteiger partial charge on any atom is -0.383 e. The first kappa shape index (κ1) is 14.7. The number of halogens is 2. The summed E-state index contributed by atoms with van der Waals surface area (Å²) < 4.78 is 30.7. The third-order valence-electron chi connectivity index (χ3n) is 2.89. The third-order valence-corrected chi connectivity index (χ3v) is 2.89. The molecule has 0 N–H and O–H groups in total. The number of carbonyl (C=O) groups excluding carboxylic acids is 1. The van der Waals surface area contributed by atoms with Crippen molar-refractivity contribution in [2.24, 2.45) is 0 Å². The van der Waals surface area contributed by atoms with E-state index in [1.54, 1.807) is 26.0 Å². The van der Waals surface area contributed by atoms with Crippen LogP contribution in [-0.4, -0.2) is 44.0 Å². The maximum atomic E-state index is 13.0. The average molecular weight is 257 g/mol. The van der Waals surface area contributed by atoms with Gasteiger partial charge in [-0.2, -0.15) is 0 Å². The van der Waals surface area contributed by atoms with E-state index in [0.29, 0.717) is 13.2 Å². The number of hydrogen-bond donors (Lipinski definition) is 0. The summed E-state index contributed by atoms with van der Waals surface area (Å²) in [4.78, 5) is 13.8. The van der Waals surface area contributed by atoms with Crippen LogP contribution in [-0.2, 0) is 4.74 Å². The van der Waals surface area contributed by atoms with E-state index in [2.05, 4.69) is 0 Å². The van der Waals surface area contributed by atoms with Gasteiger partial charge < -0.3 is 4.74 Å². The van der Waals surface area contributed by atoms with Crippen molar-refractivity contribution in [3.8, 4) is 0 Å². The fourth-order valence-corrected chi connectivity index (χ4v) is 1.52. The van der Waals surface area contributed by atoms with Crippen molar-refractivity contribution in [2.75, 3.05) is 27.3 Å². The van der Waals surface area contributed by atoms with Gasteiger partial charge in [-0.05, 0) is 32.2 Å². The van der Waals surface area contributed by atoms with Gasteiger partial charge in [0, 0.05) is 19.2 Å². The van der Waals surface area contributed by atoms with E-state index >= 15 is 0 Å². The van der Waals surface area contributed by atoms with Crippen molar-refractivity contribution in [2.45, 2.75) is 13.0 Å². The minimum absolute atomic E-state index is 0.172. The Balaban J connectivity index is 2.76. The van der Waals surface area contributed by atoms with Gasteiger partial charge in [0.25, 0.3) is 0 Å². The molecule has 0 saturated heterocycles. The smallest absolute Gasteiger partial charge is 0.179 e. The Labute approximate surface area is 105 Å². The van der Waals surface area contributed by atoms with Crippen LogP contribution in [0, 0.1) is 11.6 Å². The normalized spacial score (nSPS) is 12.8. The lowest BCUT2D eigenvalue weighted by Crippen LogP contribution is -2.38. The summed E-state index contributed by atoms with van der Waals surface area (Å²) in [6, 6.07) is 2.77. The van der Waals surface area contributed by atoms with Crippen molar-refractivity contribution in [3.63, 3.8) is 0 Å². The molecule has 0 amide bonds. The van der Waals surface area contributed by atoms with Crippen LogP contribution in [0.1, 0.15) is 17.3 Å². The second-order valence-corrected chi connectivity index (χ2v) is 4.14. The Bertz CT molecular complexity index is 423. The summed E-state index contributed by atoms with van der Waals surface area (Å²) in [5.74, 6) is -2.20. The molecule has 0 aliphatic rings. The van der Waals surface area contributed by atoms with E-state index in [-0.39, 0.29) is 11.3 Å². The second-order valence-electron chi connectivity index (χ2n) is 4.14. The van der Waals surface area contributed by atoms with E-state index in [1.165, 1.54) is 6.07 Å². The molecule has 5 heteroatoms. The van der Waals surface area contributed by atoms with Crippen LogP contribution in [0.25, 0.3) is 0 Å². The summed E-state index contributed by atoms with van der Waals surface area (Å²) in [6.07, 6.45) is 0. The molecule has 0 spiro atoms. The molecule has 1 rings (SSSR count). The molecule has 1 aromatic rings. The molecule has 1 aromatic carbocycles. The Morgan fingerprint density at radius 2 is 2.06 bits per heavy atom. The zero-order valence-electron chi connectivity index (χ0n) is 10.7. The Kier molecular flexibility index (Phi) is 5.37. The molecule has 0 heterocycles. The van der Waals surface area contributed by atoms with Crippen molar-refractivity contribution in [1.82, 2.24) is 4.90 Å². The van der Waals surface area contributed by atoms with Crippen LogP contribution in [0.4, 0.5) is 8.78 Å². The van der Waals surface area contributed by atoms with E-state index in [0.717, 1.165) is 12.1 Å². The summed E-state index contributed by atoms with van der Waals surface area (Å²) >= 11 is 0. The number of benzene rings is 1. The van der Waals surface area contributed by atoms with Gasteiger partial charge in [-0.25, -0.2) is 8.78 Å². The van der Waals surface area contributed by atoms with Gasteiger partial charge in [0.1, 0.15) is 0 Å². The highest BCUT2D eigenvalue weighted by Gasteiger charge is 2.20. The van der Waals surface area contributed by atoms with E-state index in [1.807, 2.05) is 0 Å². The number of likely N-dealkylation sites (N-methyl/N-ethyl adjacent to an activating group) is 1. The van der Waals surface area contributed by atoms with Gasteiger partial charge in [-0.3, -0.25) is 9.69 Å². The van der Waals surface area contributed by atoms with Gasteiger partial charge in [0.15, 0.2) is 17.4 Å². The fourth-order valence-electron chi connectivity index (χ4n) is 1.52. The van der Waals surface area contributed by atoms with Crippen LogP contribution in [0.5, 0.6) is 0 Å². The molecular weight excluding hydrogens is 240 g/mol. The Morgan fingerprint density at radius 1 is 1.39 bits per heavy atom. The maximum absolute atomic E-state index is 13.0. The van der Waals surface area contributed by atoms with Crippen molar-refractivity contribution in [3.05, 3.63) is 35.4 Å². The van der Waals surface area contributed by atoms with E-state index in [9.17, 15) is 13.6 Å². The molecule has 1 unspecified atom stereocenters. The first-order chi connectivity index (χ1) is 8.47. The number of rotatable bonds is 6. The predicted octanol–water partition coefficient (Wildman–Crippen LogP) is 2.11. The number of nitrogens with zero attached hydrogens (tertiary/aromatic N) is 1. The highest BCUT2D eigenvalue weighted by Crippen LogP contribution is 2.12. The molecule has 0 saturated carbocycles. The highest BCUT2D eigenvalue weighted by atomic mass is 19.2. The molecule has 1 atom stereocenters. The fraction of sp³-hybridized carbons (Fsp3) is 0.462. The number of carbonyl (C=O) groups is 1. The maximum Gasteiger partial charge on any atom is 0.179 e. The summed E-state index contributed by atoms with van der Waals surface area (Å²) in [7, 11) is 3.36. The van der Waals surface area contributed by atoms with Crippen LogP contribution in [0.2, 0.25) is 0 Å². The van der Waals surface area contributed by atoms with Gasteiger partial charge in [-0.1, -0.05) is 0 Å². The molecule has 0 aliphatic carbocycles. The quantitative estimate of drug-likeness (QED) is 0.731. The number of methoxy groups -OCH3 is 1. The molecule has 0 radical (unpaired) electrons. The molecule has 0 bridgehead atoms. The Hall–Kier alpha value is -1.33. The summed E-state index contributed by atoms with van der Waals surface area (Å²) in [5, 5.41) is 0. The first-order valence-electron chi connectivity index (χ1n) is 5.65. The molecule has 0 aromatic heterocycles. The monoisotopic (exact) mass is 257 g/mol. The van der Waals surface area contributed by atoms with E-state index in [4.69, 9.17) is 4.74 Å². The number of ether oxygens (including phenoxy) is 1. The average Bonchev–Trinajstić information content (AvgIpc) is 2.37. The van der Waals surface area contributed by atoms with Gasteiger partial charge in [0.2, 0.25) is 0 Å². The van der Waals surface area contributed by atoms with Gasteiger partial charge in [0.05, 0.1) is 12.6 Å². The lowest BCUT2D eigenvalue weighted by Gasteiger charge is -2.23. The molecule has 0 aliphatic heterocycles.